The van der Waals surface area contributed by atoms with Gasteiger partial charge in [-0.2, -0.15) is 0 Å². The second-order valence-corrected chi connectivity index (χ2v) is 4.95. The lowest BCUT2D eigenvalue weighted by atomic mass is 9.95. The average molecular weight is 233 g/mol. The third-order valence-corrected chi connectivity index (χ3v) is 3.52. The maximum atomic E-state index is 3.59. The summed E-state index contributed by atoms with van der Waals surface area (Å²) in [5.41, 5.74) is 4.43. The minimum Gasteiger partial charge on any atom is -0.314 e. The normalized spacial score (nSPS) is 12.7. The molecule has 1 atom stereocenters. The van der Waals surface area contributed by atoms with Crippen LogP contribution in [0.4, 0.5) is 0 Å². The summed E-state index contributed by atoms with van der Waals surface area (Å²) in [5, 5.41) is 3.59. The van der Waals surface area contributed by atoms with Gasteiger partial charge >= 0.3 is 0 Å². The number of nitrogens with one attached hydrogen (secondary N) is 1. The van der Waals surface area contributed by atoms with Gasteiger partial charge in [-0.25, -0.2) is 0 Å². The summed E-state index contributed by atoms with van der Waals surface area (Å²) < 4.78 is 0. The van der Waals surface area contributed by atoms with Crippen molar-refractivity contribution in [2.75, 3.05) is 6.54 Å². The first-order valence-electron chi connectivity index (χ1n) is 6.97. The molecule has 17 heavy (non-hydrogen) atoms. The van der Waals surface area contributed by atoms with Gasteiger partial charge in [0.1, 0.15) is 0 Å². The molecule has 1 N–H and O–H groups in total. The lowest BCUT2D eigenvalue weighted by Crippen LogP contribution is -2.29. The molecule has 0 saturated heterocycles. The fourth-order valence-electron chi connectivity index (χ4n) is 2.55. The van der Waals surface area contributed by atoms with E-state index in [1.54, 1.807) is 5.56 Å². The monoisotopic (exact) mass is 233 g/mol. The molecule has 0 fully saturated rings. The second-order valence-electron chi connectivity index (χ2n) is 4.95. The smallest absolute Gasteiger partial charge is 0.00700 e. The molecule has 1 aromatic rings. The average Bonchev–Trinajstić information content (AvgIpc) is 2.29. The summed E-state index contributed by atoms with van der Waals surface area (Å²) in [4.78, 5) is 0. The molecule has 1 unspecified atom stereocenters. The van der Waals surface area contributed by atoms with Gasteiger partial charge < -0.3 is 5.32 Å². The number of rotatable bonds is 7. The van der Waals surface area contributed by atoms with Gasteiger partial charge in [-0.15, -0.1) is 0 Å². The highest BCUT2D eigenvalue weighted by molar-refractivity contribution is 5.33. The highest BCUT2D eigenvalue weighted by Gasteiger charge is 2.08. The maximum Gasteiger partial charge on any atom is 0.00700 e. The molecule has 0 amide bonds. The fraction of sp³-hybridized carbons (Fsp3) is 0.625. The van der Waals surface area contributed by atoms with E-state index in [2.05, 4.69) is 51.2 Å². The quantitative estimate of drug-likeness (QED) is 0.750. The molecule has 0 aliphatic carbocycles. The van der Waals surface area contributed by atoms with Gasteiger partial charge in [-0.1, -0.05) is 38.5 Å². The number of aryl methyl sites for hydroxylation is 2. The van der Waals surface area contributed by atoms with Crippen LogP contribution in [-0.2, 0) is 6.42 Å². The van der Waals surface area contributed by atoms with E-state index < -0.39 is 0 Å². The topological polar surface area (TPSA) is 12.0 Å². The molecule has 0 radical (unpaired) electrons. The van der Waals surface area contributed by atoms with E-state index in [-0.39, 0.29) is 0 Å². The van der Waals surface area contributed by atoms with Crippen molar-refractivity contribution in [3.05, 3.63) is 34.9 Å². The Morgan fingerprint density at radius 2 is 1.71 bits per heavy atom. The molecule has 0 heterocycles. The maximum absolute atomic E-state index is 3.59. The Morgan fingerprint density at radius 3 is 2.24 bits per heavy atom. The number of hydrogen-bond donors (Lipinski definition) is 1. The molecule has 1 heteroatoms. The predicted molar refractivity (Wildman–Crippen MR) is 76.6 cm³/mol. The van der Waals surface area contributed by atoms with Crippen molar-refractivity contribution in [3.8, 4) is 0 Å². The van der Waals surface area contributed by atoms with Crippen LogP contribution >= 0.6 is 0 Å². The van der Waals surface area contributed by atoms with E-state index in [1.165, 1.54) is 36.8 Å². The molecule has 1 aromatic carbocycles. The molecule has 1 nitrogen and oxygen atoms in total. The van der Waals surface area contributed by atoms with Crippen LogP contribution < -0.4 is 5.32 Å². The van der Waals surface area contributed by atoms with Crippen molar-refractivity contribution >= 4 is 0 Å². The Bertz CT molecular complexity index is 304. The van der Waals surface area contributed by atoms with Crippen LogP contribution in [0.3, 0.4) is 0 Å². The summed E-state index contributed by atoms with van der Waals surface area (Å²) in [5.74, 6) is 0. The van der Waals surface area contributed by atoms with Crippen molar-refractivity contribution in [3.63, 3.8) is 0 Å². The highest BCUT2D eigenvalue weighted by Crippen LogP contribution is 2.17. The van der Waals surface area contributed by atoms with Crippen LogP contribution in [0.5, 0.6) is 0 Å². The third-order valence-electron chi connectivity index (χ3n) is 3.52. The minimum absolute atomic E-state index is 0.684. The number of hydrogen-bond acceptors (Lipinski definition) is 1. The Balaban J connectivity index is 2.58. The minimum atomic E-state index is 0.684. The zero-order valence-corrected chi connectivity index (χ0v) is 11.8. The molecule has 0 bridgehead atoms. The second kappa shape index (κ2) is 7.50. The van der Waals surface area contributed by atoms with Crippen molar-refractivity contribution in [2.45, 2.75) is 59.4 Å². The van der Waals surface area contributed by atoms with Gasteiger partial charge in [-0.05, 0) is 56.3 Å². The molecule has 1 rings (SSSR count). The fourth-order valence-corrected chi connectivity index (χ4v) is 2.55. The van der Waals surface area contributed by atoms with E-state index in [9.17, 15) is 0 Å². The third kappa shape index (κ3) is 4.51. The zero-order valence-electron chi connectivity index (χ0n) is 11.8. The highest BCUT2D eigenvalue weighted by atomic mass is 14.9. The van der Waals surface area contributed by atoms with Crippen LogP contribution in [0.1, 0.15) is 49.8 Å². The molecule has 96 valence electrons. The summed E-state index contributed by atoms with van der Waals surface area (Å²) in [6.07, 6.45) is 5.02. The van der Waals surface area contributed by atoms with E-state index in [0.717, 1.165) is 6.54 Å². The van der Waals surface area contributed by atoms with Crippen LogP contribution in [-0.4, -0.2) is 12.6 Å². The molecule has 0 aromatic heterocycles. The molecular formula is C16H27N. The Hall–Kier alpha value is -0.820. The van der Waals surface area contributed by atoms with Crippen molar-refractivity contribution in [2.24, 2.45) is 0 Å². The molecule has 0 aliphatic rings. The van der Waals surface area contributed by atoms with Crippen molar-refractivity contribution in [1.29, 1.82) is 0 Å². The summed E-state index contributed by atoms with van der Waals surface area (Å²) in [7, 11) is 0. The van der Waals surface area contributed by atoms with E-state index >= 15 is 0 Å². The molecular weight excluding hydrogens is 206 g/mol. The lowest BCUT2D eigenvalue weighted by molar-refractivity contribution is 0.459. The summed E-state index contributed by atoms with van der Waals surface area (Å²) in [6, 6.07) is 7.29. The van der Waals surface area contributed by atoms with E-state index in [1.807, 2.05) is 0 Å². The lowest BCUT2D eigenvalue weighted by Gasteiger charge is -2.18. The largest absolute Gasteiger partial charge is 0.314 e. The van der Waals surface area contributed by atoms with Gasteiger partial charge in [0.25, 0.3) is 0 Å². The van der Waals surface area contributed by atoms with Gasteiger partial charge in [0, 0.05) is 6.04 Å². The van der Waals surface area contributed by atoms with Crippen molar-refractivity contribution in [1.82, 2.24) is 5.32 Å². The zero-order chi connectivity index (χ0) is 12.7. The van der Waals surface area contributed by atoms with Crippen LogP contribution in [0.2, 0.25) is 0 Å². The first kappa shape index (κ1) is 14.2. The standard InChI is InChI=1S/C16H27N/c1-5-8-15(17-6-2)11-12-16-13(3)9-7-10-14(16)4/h7,9-10,15,17H,5-6,8,11-12H2,1-4H3. The summed E-state index contributed by atoms with van der Waals surface area (Å²) in [6.45, 7) is 10.00. The molecule has 0 spiro atoms. The van der Waals surface area contributed by atoms with Gasteiger partial charge in [0.2, 0.25) is 0 Å². The SMILES string of the molecule is CCCC(CCc1c(C)cccc1C)NCC. The Morgan fingerprint density at radius 1 is 1.06 bits per heavy atom. The van der Waals surface area contributed by atoms with Crippen LogP contribution in [0.15, 0.2) is 18.2 Å². The first-order valence-corrected chi connectivity index (χ1v) is 6.97. The van der Waals surface area contributed by atoms with E-state index in [0.29, 0.717) is 6.04 Å². The predicted octanol–water partition coefficient (Wildman–Crippen LogP) is 4.01. The summed E-state index contributed by atoms with van der Waals surface area (Å²) >= 11 is 0. The molecule has 0 aliphatic heterocycles. The van der Waals surface area contributed by atoms with Crippen LogP contribution in [0, 0.1) is 13.8 Å². The molecule has 0 saturated carbocycles. The number of benzene rings is 1. The first-order chi connectivity index (χ1) is 8.19. The van der Waals surface area contributed by atoms with E-state index in [4.69, 9.17) is 0 Å². The van der Waals surface area contributed by atoms with Gasteiger partial charge in [0.15, 0.2) is 0 Å². The Labute approximate surface area is 107 Å². The Kier molecular flexibility index (Phi) is 6.28. The van der Waals surface area contributed by atoms with Gasteiger partial charge in [0.05, 0.1) is 0 Å². The van der Waals surface area contributed by atoms with Crippen molar-refractivity contribution < 1.29 is 0 Å². The van der Waals surface area contributed by atoms with Crippen LogP contribution in [0.25, 0.3) is 0 Å². The van der Waals surface area contributed by atoms with Gasteiger partial charge in [-0.3, -0.25) is 0 Å².